The van der Waals surface area contributed by atoms with E-state index in [1.54, 1.807) is 0 Å². The lowest BCUT2D eigenvalue weighted by Gasteiger charge is -2.09. The van der Waals surface area contributed by atoms with Crippen LogP contribution in [0.1, 0.15) is 64.8 Å². The van der Waals surface area contributed by atoms with Crippen molar-refractivity contribution in [2.45, 2.75) is 47.0 Å². The van der Waals surface area contributed by atoms with E-state index in [1.165, 1.54) is 5.56 Å². The van der Waals surface area contributed by atoms with Gasteiger partial charge in [0.2, 0.25) is 0 Å². The summed E-state index contributed by atoms with van der Waals surface area (Å²) in [6.45, 7) is 10.0. The minimum atomic E-state index is 0.0487. The fourth-order valence-electron chi connectivity index (χ4n) is 2.47. The van der Waals surface area contributed by atoms with Crippen LogP contribution in [0.2, 0.25) is 0 Å². The molecular formula is C18H22O2. The molecule has 20 heavy (non-hydrogen) atoms. The van der Waals surface area contributed by atoms with Crippen molar-refractivity contribution in [3.05, 3.63) is 58.0 Å². The predicted molar refractivity (Wildman–Crippen MR) is 81.5 cm³/mol. The van der Waals surface area contributed by atoms with Gasteiger partial charge in [0.15, 0.2) is 5.78 Å². The monoisotopic (exact) mass is 270 g/mol. The van der Waals surface area contributed by atoms with Gasteiger partial charge in [-0.15, -0.1) is 0 Å². The van der Waals surface area contributed by atoms with Crippen molar-refractivity contribution in [3.63, 3.8) is 0 Å². The van der Waals surface area contributed by atoms with Gasteiger partial charge in [-0.05, 0) is 38.7 Å². The van der Waals surface area contributed by atoms with E-state index in [-0.39, 0.29) is 5.78 Å². The van der Waals surface area contributed by atoms with E-state index in [2.05, 4.69) is 26.0 Å². The number of hydrogen-bond acceptors (Lipinski definition) is 2. The van der Waals surface area contributed by atoms with Gasteiger partial charge in [0.25, 0.3) is 0 Å². The van der Waals surface area contributed by atoms with Crippen LogP contribution in [0.5, 0.6) is 0 Å². The highest BCUT2D eigenvalue weighted by Gasteiger charge is 2.19. The standard InChI is InChI=1S/C18H22O2/c1-6-11(2)15-7-9-16(10-8-15)18(19)17-12(3)13(4)20-14(17)5/h7-11H,6H2,1-5H3. The number of rotatable bonds is 4. The van der Waals surface area contributed by atoms with Crippen LogP contribution in [0.4, 0.5) is 0 Å². The summed E-state index contributed by atoms with van der Waals surface area (Å²) in [5.41, 5.74) is 3.65. The van der Waals surface area contributed by atoms with Gasteiger partial charge in [0, 0.05) is 11.1 Å². The van der Waals surface area contributed by atoms with Crippen LogP contribution >= 0.6 is 0 Å². The van der Waals surface area contributed by atoms with Crippen molar-refractivity contribution < 1.29 is 9.21 Å². The first kappa shape index (κ1) is 14.6. The first-order valence-corrected chi connectivity index (χ1v) is 7.17. The fourth-order valence-corrected chi connectivity index (χ4v) is 2.47. The first-order chi connectivity index (χ1) is 9.45. The van der Waals surface area contributed by atoms with Crippen LogP contribution in [0, 0.1) is 20.8 Å². The van der Waals surface area contributed by atoms with E-state index in [0.29, 0.717) is 17.2 Å². The lowest BCUT2D eigenvalue weighted by Crippen LogP contribution is -2.04. The van der Waals surface area contributed by atoms with Crippen LogP contribution in [0.25, 0.3) is 0 Å². The second kappa shape index (κ2) is 5.66. The Kier molecular flexibility index (Phi) is 4.12. The number of benzene rings is 1. The summed E-state index contributed by atoms with van der Waals surface area (Å²) in [6.07, 6.45) is 1.10. The molecule has 0 aliphatic carbocycles. The Bertz CT molecular complexity index is 618. The van der Waals surface area contributed by atoms with E-state index in [4.69, 9.17) is 4.42 Å². The zero-order valence-corrected chi connectivity index (χ0v) is 12.9. The Hall–Kier alpha value is -1.83. The lowest BCUT2D eigenvalue weighted by atomic mass is 9.94. The molecule has 1 atom stereocenters. The molecule has 0 saturated carbocycles. The van der Waals surface area contributed by atoms with Crippen LogP contribution < -0.4 is 0 Å². The van der Waals surface area contributed by atoms with Gasteiger partial charge in [-0.1, -0.05) is 38.1 Å². The van der Waals surface area contributed by atoms with Crippen LogP contribution in [-0.2, 0) is 0 Å². The van der Waals surface area contributed by atoms with Gasteiger partial charge in [-0.25, -0.2) is 0 Å². The maximum absolute atomic E-state index is 12.6. The zero-order valence-electron chi connectivity index (χ0n) is 12.9. The minimum absolute atomic E-state index is 0.0487. The summed E-state index contributed by atoms with van der Waals surface area (Å²) in [5.74, 6) is 2.10. The highest BCUT2D eigenvalue weighted by atomic mass is 16.3. The van der Waals surface area contributed by atoms with Gasteiger partial charge >= 0.3 is 0 Å². The highest BCUT2D eigenvalue weighted by molar-refractivity contribution is 6.10. The maximum Gasteiger partial charge on any atom is 0.196 e. The third-order valence-electron chi connectivity index (χ3n) is 4.14. The van der Waals surface area contributed by atoms with E-state index in [0.717, 1.165) is 23.3 Å². The molecule has 0 fully saturated rings. The van der Waals surface area contributed by atoms with Crippen LogP contribution in [0.3, 0.4) is 0 Å². The normalized spacial score (nSPS) is 12.4. The Balaban J connectivity index is 2.34. The third kappa shape index (κ3) is 2.55. The molecule has 0 amide bonds. The summed E-state index contributed by atoms with van der Waals surface area (Å²) < 4.78 is 5.55. The number of aryl methyl sites for hydroxylation is 2. The van der Waals surface area contributed by atoms with Gasteiger partial charge in [-0.2, -0.15) is 0 Å². The second-order valence-corrected chi connectivity index (χ2v) is 5.47. The van der Waals surface area contributed by atoms with E-state index >= 15 is 0 Å². The molecule has 1 aromatic heterocycles. The van der Waals surface area contributed by atoms with Gasteiger partial charge in [0.05, 0.1) is 5.56 Å². The molecule has 0 aliphatic heterocycles. The number of carbonyl (C=O) groups excluding carboxylic acids is 1. The fraction of sp³-hybridized carbons (Fsp3) is 0.389. The summed E-state index contributed by atoms with van der Waals surface area (Å²) >= 11 is 0. The molecule has 106 valence electrons. The Morgan fingerprint density at radius 2 is 1.70 bits per heavy atom. The van der Waals surface area contributed by atoms with Crippen molar-refractivity contribution in [1.29, 1.82) is 0 Å². The predicted octanol–water partition coefficient (Wildman–Crippen LogP) is 4.95. The molecule has 2 rings (SSSR count). The maximum atomic E-state index is 12.6. The van der Waals surface area contributed by atoms with E-state index in [1.807, 2.05) is 32.9 Å². The SMILES string of the molecule is CCC(C)c1ccc(C(=O)c2c(C)oc(C)c2C)cc1. The van der Waals surface area contributed by atoms with Crippen molar-refractivity contribution in [3.8, 4) is 0 Å². The highest BCUT2D eigenvalue weighted by Crippen LogP contribution is 2.25. The molecule has 2 heteroatoms. The van der Waals surface area contributed by atoms with Crippen molar-refractivity contribution >= 4 is 5.78 Å². The average molecular weight is 270 g/mol. The molecule has 0 bridgehead atoms. The van der Waals surface area contributed by atoms with Gasteiger partial charge in [0.1, 0.15) is 11.5 Å². The van der Waals surface area contributed by atoms with Crippen LogP contribution in [0.15, 0.2) is 28.7 Å². The quantitative estimate of drug-likeness (QED) is 0.736. The van der Waals surface area contributed by atoms with E-state index < -0.39 is 0 Å². The van der Waals surface area contributed by atoms with Gasteiger partial charge in [-0.3, -0.25) is 4.79 Å². The summed E-state index contributed by atoms with van der Waals surface area (Å²) in [4.78, 5) is 12.6. The van der Waals surface area contributed by atoms with Crippen molar-refractivity contribution in [2.75, 3.05) is 0 Å². The van der Waals surface area contributed by atoms with Gasteiger partial charge < -0.3 is 4.42 Å². The lowest BCUT2D eigenvalue weighted by molar-refractivity contribution is 0.103. The zero-order chi connectivity index (χ0) is 14.9. The van der Waals surface area contributed by atoms with Crippen molar-refractivity contribution in [2.24, 2.45) is 0 Å². The number of carbonyl (C=O) groups is 1. The molecule has 1 aromatic carbocycles. The molecule has 0 N–H and O–H groups in total. The molecule has 0 spiro atoms. The largest absolute Gasteiger partial charge is 0.466 e. The second-order valence-electron chi connectivity index (χ2n) is 5.47. The minimum Gasteiger partial charge on any atom is -0.466 e. The Labute approximate surface area is 120 Å². The topological polar surface area (TPSA) is 30.2 Å². The number of hydrogen-bond donors (Lipinski definition) is 0. The van der Waals surface area contributed by atoms with Crippen LogP contribution in [-0.4, -0.2) is 5.78 Å². The molecule has 2 nitrogen and oxygen atoms in total. The molecule has 0 radical (unpaired) electrons. The molecule has 0 saturated heterocycles. The molecule has 1 unspecified atom stereocenters. The Morgan fingerprint density at radius 3 is 2.15 bits per heavy atom. The van der Waals surface area contributed by atoms with Crippen molar-refractivity contribution in [1.82, 2.24) is 0 Å². The summed E-state index contributed by atoms with van der Waals surface area (Å²) in [7, 11) is 0. The first-order valence-electron chi connectivity index (χ1n) is 7.17. The average Bonchev–Trinajstić information content (AvgIpc) is 2.71. The molecule has 1 heterocycles. The molecule has 0 aliphatic rings. The summed E-state index contributed by atoms with van der Waals surface area (Å²) in [5, 5.41) is 0. The third-order valence-corrected chi connectivity index (χ3v) is 4.14. The number of furan rings is 1. The molecular weight excluding hydrogens is 248 g/mol. The summed E-state index contributed by atoms with van der Waals surface area (Å²) in [6, 6.07) is 7.95. The molecule has 2 aromatic rings. The number of ketones is 1. The van der Waals surface area contributed by atoms with E-state index in [9.17, 15) is 4.79 Å². The Morgan fingerprint density at radius 1 is 1.10 bits per heavy atom. The smallest absolute Gasteiger partial charge is 0.196 e.